The summed E-state index contributed by atoms with van der Waals surface area (Å²) in [6.45, 7) is 1.80. The summed E-state index contributed by atoms with van der Waals surface area (Å²) < 4.78 is 9.31. The number of carbonyl (C=O) groups excluding carboxylic acids is 2. The van der Waals surface area contributed by atoms with Gasteiger partial charge in [-0.05, 0) is 18.6 Å². The van der Waals surface area contributed by atoms with Crippen LogP contribution in [0.15, 0.2) is 24.3 Å². The third kappa shape index (κ3) is 4.87. The van der Waals surface area contributed by atoms with E-state index in [4.69, 9.17) is 11.6 Å². The lowest BCUT2D eigenvalue weighted by Gasteiger charge is -2.04. The number of rotatable bonds is 5. The van der Waals surface area contributed by atoms with Gasteiger partial charge in [0, 0.05) is 10.6 Å². The van der Waals surface area contributed by atoms with Crippen LogP contribution < -0.4 is 0 Å². The molecule has 1 rings (SSSR count). The van der Waals surface area contributed by atoms with E-state index in [9.17, 15) is 9.59 Å². The molecule has 92 valence electrons. The van der Waals surface area contributed by atoms with Crippen LogP contribution in [0, 0.1) is 0 Å². The van der Waals surface area contributed by atoms with Gasteiger partial charge < -0.3 is 9.47 Å². The average molecular weight is 257 g/mol. The van der Waals surface area contributed by atoms with Gasteiger partial charge in [0.25, 0.3) is 0 Å². The second kappa shape index (κ2) is 6.91. The Morgan fingerprint density at radius 1 is 1.29 bits per heavy atom. The highest BCUT2D eigenvalue weighted by Gasteiger charge is 2.10. The minimum Gasteiger partial charge on any atom is -0.434 e. The monoisotopic (exact) mass is 256 g/mol. The standard InChI is InChI=1S/C12H13ClO4/c1-2-6-16-12(15)17-8-11(14)9-4-3-5-10(13)7-9/h3-5,7H,2,6,8H2,1H3. The van der Waals surface area contributed by atoms with Crippen molar-refractivity contribution in [1.29, 1.82) is 0 Å². The van der Waals surface area contributed by atoms with Gasteiger partial charge in [0.05, 0.1) is 6.61 Å². The number of benzene rings is 1. The molecule has 17 heavy (non-hydrogen) atoms. The molecule has 0 amide bonds. The summed E-state index contributed by atoms with van der Waals surface area (Å²) in [6.07, 6.45) is -0.126. The van der Waals surface area contributed by atoms with Crippen LogP contribution in [0.3, 0.4) is 0 Å². The van der Waals surface area contributed by atoms with E-state index >= 15 is 0 Å². The molecular weight excluding hydrogens is 244 g/mol. The van der Waals surface area contributed by atoms with E-state index in [2.05, 4.69) is 9.47 Å². The van der Waals surface area contributed by atoms with Crippen LogP contribution in [0.1, 0.15) is 23.7 Å². The molecule has 0 aromatic heterocycles. The molecule has 0 atom stereocenters. The van der Waals surface area contributed by atoms with Gasteiger partial charge in [0.2, 0.25) is 5.78 Å². The van der Waals surface area contributed by atoms with E-state index in [1.165, 1.54) is 6.07 Å². The van der Waals surface area contributed by atoms with Crippen molar-refractivity contribution < 1.29 is 19.1 Å². The number of Topliss-reactive ketones (excluding diaryl/α,β-unsaturated/α-hetero) is 1. The Labute approximate surface area is 104 Å². The Morgan fingerprint density at radius 3 is 2.71 bits per heavy atom. The van der Waals surface area contributed by atoms with E-state index < -0.39 is 6.16 Å². The van der Waals surface area contributed by atoms with E-state index in [1.54, 1.807) is 18.2 Å². The first-order valence-electron chi connectivity index (χ1n) is 5.21. The van der Waals surface area contributed by atoms with Gasteiger partial charge in [0.15, 0.2) is 6.61 Å². The lowest BCUT2D eigenvalue weighted by Crippen LogP contribution is -2.15. The molecule has 0 saturated heterocycles. The third-order valence-corrected chi connectivity index (χ3v) is 2.13. The molecule has 4 nitrogen and oxygen atoms in total. The molecule has 0 bridgehead atoms. The zero-order chi connectivity index (χ0) is 12.7. The van der Waals surface area contributed by atoms with Gasteiger partial charge in [-0.25, -0.2) is 4.79 Å². The maximum absolute atomic E-state index is 11.6. The van der Waals surface area contributed by atoms with E-state index in [-0.39, 0.29) is 19.0 Å². The number of hydrogen-bond acceptors (Lipinski definition) is 4. The molecule has 1 aromatic carbocycles. The van der Waals surface area contributed by atoms with Crippen molar-refractivity contribution in [2.45, 2.75) is 13.3 Å². The summed E-state index contributed by atoms with van der Waals surface area (Å²) in [5, 5.41) is 0.462. The Balaban J connectivity index is 2.42. The molecule has 5 heteroatoms. The largest absolute Gasteiger partial charge is 0.508 e. The smallest absolute Gasteiger partial charge is 0.434 e. The maximum atomic E-state index is 11.6. The third-order valence-electron chi connectivity index (χ3n) is 1.89. The number of ketones is 1. The number of ether oxygens (including phenoxy) is 2. The summed E-state index contributed by atoms with van der Waals surface area (Å²) in [5.41, 5.74) is 0.404. The fourth-order valence-corrected chi connectivity index (χ4v) is 1.29. The first-order chi connectivity index (χ1) is 8.13. The Hall–Kier alpha value is -1.55. The van der Waals surface area contributed by atoms with Gasteiger partial charge in [0.1, 0.15) is 0 Å². The van der Waals surface area contributed by atoms with Crippen LogP contribution in [-0.2, 0) is 9.47 Å². The summed E-state index contributed by atoms with van der Waals surface area (Å²) in [5.74, 6) is -0.319. The van der Waals surface area contributed by atoms with Gasteiger partial charge in [-0.15, -0.1) is 0 Å². The first kappa shape index (κ1) is 13.5. The van der Waals surface area contributed by atoms with Crippen molar-refractivity contribution in [1.82, 2.24) is 0 Å². The van der Waals surface area contributed by atoms with Crippen LogP contribution in [0.25, 0.3) is 0 Å². The number of hydrogen-bond donors (Lipinski definition) is 0. The first-order valence-corrected chi connectivity index (χ1v) is 5.59. The maximum Gasteiger partial charge on any atom is 0.508 e. The summed E-state index contributed by atoms with van der Waals surface area (Å²) in [4.78, 5) is 22.6. The fraction of sp³-hybridized carbons (Fsp3) is 0.333. The van der Waals surface area contributed by atoms with Crippen molar-refractivity contribution in [3.8, 4) is 0 Å². The molecule has 0 unspecified atom stereocenters. The van der Waals surface area contributed by atoms with Crippen molar-refractivity contribution in [3.63, 3.8) is 0 Å². The molecule has 0 aliphatic carbocycles. The van der Waals surface area contributed by atoms with Gasteiger partial charge in [-0.1, -0.05) is 30.7 Å². The second-order valence-electron chi connectivity index (χ2n) is 3.32. The zero-order valence-electron chi connectivity index (χ0n) is 9.44. The Morgan fingerprint density at radius 2 is 2.06 bits per heavy atom. The molecule has 0 radical (unpaired) electrons. The van der Waals surface area contributed by atoms with Crippen LogP contribution in [0.2, 0.25) is 5.02 Å². The minimum atomic E-state index is -0.831. The SMILES string of the molecule is CCCOC(=O)OCC(=O)c1cccc(Cl)c1. The van der Waals surface area contributed by atoms with Gasteiger partial charge in [-0.2, -0.15) is 0 Å². The van der Waals surface area contributed by atoms with E-state index in [0.29, 0.717) is 17.0 Å². The van der Waals surface area contributed by atoms with Crippen LogP contribution in [0.4, 0.5) is 4.79 Å². The summed E-state index contributed by atoms with van der Waals surface area (Å²) in [6, 6.07) is 6.44. The zero-order valence-corrected chi connectivity index (χ0v) is 10.2. The molecule has 0 aliphatic rings. The van der Waals surface area contributed by atoms with Gasteiger partial charge >= 0.3 is 6.16 Å². The summed E-state index contributed by atoms with van der Waals surface area (Å²) in [7, 11) is 0. The lowest BCUT2D eigenvalue weighted by atomic mass is 10.1. The molecule has 0 aliphatic heterocycles. The van der Waals surface area contributed by atoms with E-state index in [0.717, 1.165) is 0 Å². The highest BCUT2D eigenvalue weighted by Crippen LogP contribution is 2.11. The predicted octanol–water partition coefficient (Wildman–Crippen LogP) is 3.09. The second-order valence-corrected chi connectivity index (χ2v) is 3.76. The normalized spacial score (nSPS) is 9.76. The molecule has 0 saturated carbocycles. The average Bonchev–Trinajstić information content (AvgIpc) is 2.33. The molecule has 1 aromatic rings. The number of carbonyl (C=O) groups is 2. The van der Waals surface area contributed by atoms with Crippen molar-refractivity contribution in [3.05, 3.63) is 34.9 Å². The highest BCUT2D eigenvalue weighted by atomic mass is 35.5. The Bertz CT molecular complexity index is 403. The van der Waals surface area contributed by atoms with Gasteiger partial charge in [-0.3, -0.25) is 4.79 Å². The number of halogens is 1. The van der Waals surface area contributed by atoms with Crippen molar-refractivity contribution >= 4 is 23.5 Å². The summed E-state index contributed by atoms with van der Waals surface area (Å²) >= 11 is 5.74. The lowest BCUT2D eigenvalue weighted by molar-refractivity contribution is 0.0498. The van der Waals surface area contributed by atoms with E-state index in [1.807, 2.05) is 6.92 Å². The predicted molar refractivity (Wildman–Crippen MR) is 63.4 cm³/mol. The van der Waals surface area contributed by atoms with Crippen molar-refractivity contribution in [2.75, 3.05) is 13.2 Å². The molecule has 0 N–H and O–H groups in total. The molecule has 0 spiro atoms. The van der Waals surface area contributed by atoms with Crippen LogP contribution >= 0.6 is 11.6 Å². The molecular formula is C12H13ClO4. The van der Waals surface area contributed by atoms with Crippen LogP contribution in [0.5, 0.6) is 0 Å². The quantitative estimate of drug-likeness (QED) is 0.600. The van der Waals surface area contributed by atoms with Crippen LogP contribution in [-0.4, -0.2) is 25.2 Å². The van der Waals surface area contributed by atoms with Crippen molar-refractivity contribution in [2.24, 2.45) is 0 Å². The Kier molecular flexibility index (Phi) is 5.49. The fourth-order valence-electron chi connectivity index (χ4n) is 1.10. The highest BCUT2D eigenvalue weighted by molar-refractivity contribution is 6.31. The molecule has 0 fully saturated rings. The molecule has 0 heterocycles. The minimum absolute atomic E-state index is 0.282. The topological polar surface area (TPSA) is 52.6 Å².